The summed E-state index contributed by atoms with van der Waals surface area (Å²) in [6.07, 6.45) is 0. The van der Waals surface area contributed by atoms with E-state index in [2.05, 4.69) is 10.0 Å². The number of nitrogens with zero attached hydrogens (tertiary/aromatic N) is 3. The molecule has 0 saturated heterocycles. The molecule has 0 unspecified atom stereocenters. The monoisotopic (exact) mass is 325 g/mol. The molecule has 0 aliphatic heterocycles. The number of rotatable bonds is 12. The van der Waals surface area contributed by atoms with Crippen LogP contribution in [0.3, 0.4) is 0 Å². The Morgan fingerprint density at radius 3 is 2.22 bits per heavy atom. The fourth-order valence-electron chi connectivity index (χ4n) is 1.77. The van der Waals surface area contributed by atoms with E-state index in [1.54, 1.807) is 19.2 Å². The summed E-state index contributed by atoms with van der Waals surface area (Å²) in [5, 5.41) is 3.58. The molecule has 1 rings (SSSR count). The summed E-state index contributed by atoms with van der Waals surface area (Å²) >= 11 is 0. The van der Waals surface area contributed by atoms with Crippen molar-refractivity contribution in [3.8, 4) is 11.5 Å². The number of hydrogen-bond donors (Lipinski definition) is 0. The molecule has 128 valence electrons. The molecule has 23 heavy (non-hydrogen) atoms. The summed E-state index contributed by atoms with van der Waals surface area (Å²) < 4.78 is 26.4. The predicted octanol–water partition coefficient (Wildman–Crippen LogP) is 3.00. The van der Waals surface area contributed by atoms with Gasteiger partial charge >= 0.3 is 0 Å². The van der Waals surface area contributed by atoms with Crippen LogP contribution in [0.15, 0.2) is 17.2 Å². The third kappa shape index (κ3) is 7.21. The summed E-state index contributed by atoms with van der Waals surface area (Å²) in [7, 11) is 3.14. The molecule has 0 N–H and O–H groups in total. The zero-order chi connectivity index (χ0) is 16.9. The Morgan fingerprint density at radius 1 is 0.957 bits per heavy atom. The van der Waals surface area contributed by atoms with Crippen LogP contribution in [0.1, 0.15) is 5.56 Å². The van der Waals surface area contributed by atoms with Crippen molar-refractivity contribution >= 4 is 5.69 Å². The first kappa shape index (κ1) is 19.1. The van der Waals surface area contributed by atoms with E-state index in [9.17, 15) is 0 Å². The molecule has 0 heterocycles. The summed E-state index contributed by atoms with van der Waals surface area (Å²) in [5.74, 6) is 1.13. The van der Waals surface area contributed by atoms with Crippen LogP contribution in [-0.4, -0.2) is 53.9 Å². The highest BCUT2D eigenvalue weighted by atomic mass is 16.6. The first-order chi connectivity index (χ1) is 11.2. The predicted molar refractivity (Wildman–Crippen MR) is 85.5 cm³/mol. The molecule has 0 atom stereocenters. The molecular weight excluding hydrogens is 302 g/mol. The van der Waals surface area contributed by atoms with Gasteiger partial charge in [0, 0.05) is 18.1 Å². The Bertz CT molecular complexity index is 518. The molecule has 0 saturated carbocycles. The summed E-state index contributed by atoms with van der Waals surface area (Å²) in [6.45, 7) is 4.90. The second-order valence-electron chi connectivity index (χ2n) is 4.55. The number of azide groups is 1. The van der Waals surface area contributed by atoms with Gasteiger partial charge < -0.3 is 23.7 Å². The van der Waals surface area contributed by atoms with Gasteiger partial charge in [-0.25, -0.2) is 0 Å². The van der Waals surface area contributed by atoms with E-state index in [0.717, 1.165) is 5.56 Å². The van der Waals surface area contributed by atoms with Crippen molar-refractivity contribution in [3.63, 3.8) is 0 Å². The summed E-state index contributed by atoms with van der Waals surface area (Å²) in [5.41, 5.74) is 9.82. The van der Waals surface area contributed by atoms with Gasteiger partial charge in [-0.15, -0.1) is 0 Å². The van der Waals surface area contributed by atoms with Crippen molar-refractivity contribution in [1.29, 1.82) is 0 Å². The number of ether oxygens (including phenoxy) is 5. The Labute approximate surface area is 135 Å². The molecule has 0 radical (unpaired) electrons. The van der Waals surface area contributed by atoms with Crippen molar-refractivity contribution in [2.24, 2.45) is 5.11 Å². The van der Waals surface area contributed by atoms with Crippen molar-refractivity contribution in [3.05, 3.63) is 28.1 Å². The van der Waals surface area contributed by atoms with Crippen LogP contribution in [0.5, 0.6) is 11.5 Å². The molecule has 0 spiro atoms. The van der Waals surface area contributed by atoms with Crippen LogP contribution in [0.25, 0.3) is 10.4 Å². The topological polar surface area (TPSA) is 94.9 Å². The van der Waals surface area contributed by atoms with E-state index < -0.39 is 0 Å². The van der Waals surface area contributed by atoms with E-state index >= 15 is 0 Å². The third-order valence-electron chi connectivity index (χ3n) is 2.92. The van der Waals surface area contributed by atoms with E-state index in [0.29, 0.717) is 56.8 Å². The quantitative estimate of drug-likeness (QED) is 0.255. The lowest BCUT2D eigenvalue weighted by molar-refractivity contribution is 0.0179. The largest absolute Gasteiger partial charge is 0.496 e. The highest BCUT2D eigenvalue weighted by molar-refractivity contribution is 5.58. The number of methoxy groups -OCH3 is 2. The lowest BCUT2D eigenvalue weighted by atomic mass is 10.2. The van der Waals surface area contributed by atoms with Gasteiger partial charge in [0.25, 0.3) is 0 Å². The third-order valence-corrected chi connectivity index (χ3v) is 2.92. The SMILES string of the molecule is COCCOCCOCCOc1cc(OC)c(N=[N+]=[N-])cc1C. The molecule has 0 fully saturated rings. The average Bonchev–Trinajstić information content (AvgIpc) is 2.55. The second kappa shape index (κ2) is 11.6. The maximum atomic E-state index is 8.53. The fraction of sp³-hybridized carbons (Fsp3) is 0.600. The minimum absolute atomic E-state index is 0.406. The minimum Gasteiger partial charge on any atom is -0.496 e. The van der Waals surface area contributed by atoms with Gasteiger partial charge in [-0.3, -0.25) is 0 Å². The molecule has 0 aromatic heterocycles. The lowest BCUT2D eigenvalue weighted by Crippen LogP contribution is -2.12. The Balaban J connectivity index is 2.33. The molecule has 0 aliphatic rings. The van der Waals surface area contributed by atoms with Crippen molar-refractivity contribution in [2.75, 3.05) is 53.9 Å². The standard InChI is InChI=1S/C15H23N3O5/c1-12-10-13(17-18-16)15(20-3)11-14(12)23-9-8-22-7-6-21-5-4-19-2/h10-11H,4-9H2,1-3H3. The van der Waals surface area contributed by atoms with E-state index in [1.807, 2.05) is 6.92 Å². The number of benzene rings is 1. The maximum Gasteiger partial charge on any atom is 0.132 e. The zero-order valence-corrected chi connectivity index (χ0v) is 13.8. The average molecular weight is 325 g/mol. The zero-order valence-electron chi connectivity index (χ0n) is 13.8. The number of aryl methyl sites for hydroxylation is 1. The van der Waals surface area contributed by atoms with E-state index in [4.69, 9.17) is 29.2 Å². The maximum absolute atomic E-state index is 8.53. The van der Waals surface area contributed by atoms with Crippen LogP contribution in [0.2, 0.25) is 0 Å². The molecule has 8 nitrogen and oxygen atoms in total. The molecule has 8 heteroatoms. The molecule has 1 aromatic rings. The summed E-state index contributed by atoms with van der Waals surface area (Å²) in [6, 6.07) is 3.42. The van der Waals surface area contributed by atoms with Crippen LogP contribution in [0.4, 0.5) is 5.69 Å². The van der Waals surface area contributed by atoms with Crippen molar-refractivity contribution in [1.82, 2.24) is 0 Å². The minimum atomic E-state index is 0.406. The Morgan fingerprint density at radius 2 is 1.61 bits per heavy atom. The summed E-state index contributed by atoms with van der Waals surface area (Å²) in [4.78, 5) is 2.77. The molecule has 0 amide bonds. The Kier molecular flexibility index (Phi) is 9.58. The van der Waals surface area contributed by atoms with Gasteiger partial charge in [-0.1, -0.05) is 5.11 Å². The van der Waals surface area contributed by atoms with E-state index in [-0.39, 0.29) is 0 Å². The second-order valence-corrected chi connectivity index (χ2v) is 4.55. The fourth-order valence-corrected chi connectivity index (χ4v) is 1.77. The van der Waals surface area contributed by atoms with E-state index in [1.165, 1.54) is 7.11 Å². The lowest BCUT2D eigenvalue weighted by Gasteiger charge is -2.13. The van der Waals surface area contributed by atoms with Gasteiger partial charge in [0.15, 0.2) is 0 Å². The molecular formula is C15H23N3O5. The molecule has 1 aromatic carbocycles. The first-order valence-electron chi connectivity index (χ1n) is 7.24. The van der Waals surface area contributed by atoms with Gasteiger partial charge in [-0.05, 0) is 24.1 Å². The number of hydrogen-bond acceptors (Lipinski definition) is 6. The van der Waals surface area contributed by atoms with Crippen LogP contribution >= 0.6 is 0 Å². The van der Waals surface area contributed by atoms with Gasteiger partial charge in [0.1, 0.15) is 18.1 Å². The van der Waals surface area contributed by atoms with Gasteiger partial charge in [0.2, 0.25) is 0 Å². The normalized spacial score (nSPS) is 10.2. The van der Waals surface area contributed by atoms with Crippen LogP contribution in [-0.2, 0) is 14.2 Å². The molecule has 0 bridgehead atoms. The van der Waals surface area contributed by atoms with Crippen molar-refractivity contribution < 1.29 is 23.7 Å². The molecule has 0 aliphatic carbocycles. The highest BCUT2D eigenvalue weighted by Crippen LogP contribution is 2.34. The van der Waals surface area contributed by atoms with Crippen LogP contribution < -0.4 is 9.47 Å². The first-order valence-corrected chi connectivity index (χ1v) is 7.24. The Hall–Kier alpha value is -1.99. The highest BCUT2D eigenvalue weighted by Gasteiger charge is 2.08. The van der Waals surface area contributed by atoms with Crippen LogP contribution in [0, 0.1) is 6.92 Å². The van der Waals surface area contributed by atoms with Gasteiger partial charge in [0.05, 0.1) is 45.8 Å². The van der Waals surface area contributed by atoms with Crippen molar-refractivity contribution in [2.45, 2.75) is 6.92 Å². The van der Waals surface area contributed by atoms with Gasteiger partial charge in [-0.2, -0.15) is 0 Å². The smallest absolute Gasteiger partial charge is 0.132 e.